The van der Waals surface area contributed by atoms with Crippen molar-refractivity contribution in [3.05, 3.63) is 0 Å². The van der Waals surface area contributed by atoms with Crippen LogP contribution in [0.3, 0.4) is 0 Å². The van der Waals surface area contributed by atoms with E-state index in [1.807, 2.05) is 20.8 Å². The van der Waals surface area contributed by atoms with Gasteiger partial charge in [0.2, 0.25) is 6.41 Å². The highest BCUT2D eigenvalue weighted by Crippen LogP contribution is 2.24. The molecule has 5 nitrogen and oxygen atoms in total. The molecule has 3 atom stereocenters. The lowest BCUT2D eigenvalue weighted by Crippen LogP contribution is -2.41. The van der Waals surface area contributed by atoms with Gasteiger partial charge in [-0.05, 0) is 18.8 Å². The van der Waals surface area contributed by atoms with Crippen LogP contribution >= 0.6 is 0 Å². The minimum Gasteiger partial charge on any atom is -0.481 e. The summed E-state index contributed by atoms with van der Waals surface area (Å²) in [5.74, 6) is -1.40. The molecule has 1 amide bonds. The summed E-state index contributed by atoms with van der Waals surface area (Å²) in [6, 6.07) is -0.635. The van der Waals surface area contributed by atoms with Crippen LogP contribution in [0, 0.1) is 11.8 Å². The summed E-state index contributed by atoms with van der Waals surface area (Å²) in [7, 11) is 0. The lowest BCUT2D eigenvalue weighted by Gasteiger charge is -2.29. The zero-order chi connectivity index (χ0) is 13.4. The number of carboxylic acid groups (broad SMARTS) is 1. The molecule has 100 valence electrons. The van der Waals surface area contributed by atoms with E-state index in [9.17, 15) is 19.9 Å². The van der Waals surface area contributed by atoms with Gasteiger partial charge in [0.15, 0.2) is 0 Å². The maximum atomic E-state index is 11.2. The van der Waals surface area contributed by atoms with E-state index < -0.39 is 17.9 Å². The predicted molar refractivity (Wildman–Crippen MR) is 63.6 cm³/mol. The quantitative estimate of drug-likeness (QED) is 0.370. The molecule has 0 aromatic carbocycles. The average molecular weight is 245 g/mol. The van der Waals surface area contributed by atoms with Gasteiger partial charge >= 0.3 is 5.97 Å². The van der Waals surface area contributed by atoms with Crippen molar-refractivity contribution < 1.29 is 19.9 Å². The van der Waals surface area contributed by atoms with E-state index >= 15 is 0 Å². The first-order chi connectivity index (χ1) is 7.97. The number of amides is 1. The molecule has 0 rings (SSSR count). The zero-order valence-corrected chi connectivity index (χ0v) is 10.8. The lowest BCUT2D eigenvalue weighted by molar-refractivity contribution is -0.173. The monoisotopic (exact) mass is 245 g/mol. The molecule has 0 aromatic rings. The first-order valence-electron chi connectivity index (χ1n) is 6.13. The Balaban J connectivity index is 4.82. The van der Waals surface area contributed by atoms with Crippen molar-refractivity contribution >= 4 is 12.4 Å². The van der Waals surface area contributed by atoms with Crippen molar-refractivity contribution in [3.63, 3.8) is 0 Å². The van der Waals surface area contributed by atoms with Crippen LogP contribution < -0.4 is 0 Å². The van der Waals surface area contributed by atoms with Gasteiger partial charge < -0.3 is 5.11 Å². The molecule has 0 aliphatic rings. The molecule has 17 heavy (non-hydrogen) atoms. The van der Waals surface area contributed by atoms with Crippen LogP contribution in [0.5, 0.6) is 0 Å². The Morgan fingerprint density at radius 2 is 2.00 bits per heavy atom. The largest absolute Gasteiger partial charge is 0.481 e. The fourth-order valence-corrected chi connectivity index (χ4v) is 1.91. The van der Waals surface area contributed by atoms with E-state index in [-0.39, 0.29) is 12.3 Å². The van der Waals surface area contributed by atoms with E-state index in [2.05, 4.69) is 0 Å². The zero-order valence-electron chi connectivity index (χ0n) is 10.8. The van der Waals surface area contributed by atoms with Gasteiger partial charge in [-0.25, -0.2) is 5.06 Å². The van der Waals surface area contributed by atoms with Crippen LogP contribution in [0.15, 0.2) is 0 Å². The standard InChI is InChI=1S/C12H23NO4/c1-4-6-11(13(17)8-14)10(12(15)16)7-9(3)5-2/h8-11,17H,4-7H2,1-3H3,(H,15,16)/t9?,10-,11+/m1/s1. The van der Waals surface area contributed by atoms with Crippen LogP contribution in [-0.2, 0) is 9.59 Å². The fraction of sp³-hybridized carbons (Fsp3) is 0.833. The number of hydrogen-bond acceptors (Lipinski definition) is 3. The molecule has 0 aliphatic heterocycles. The Morgan fingerprint density at radius 3 is 2.35 bits per heavy atom. The van der Waals surface area contributed by atoms with Crippen LogP contribution in [0.25, 0.3) is 0 Å². The number of rotatable bonds is 9. The molecule has 0 spiro atoms. The van der Waals surface area contributed by atoms with E-state index in [0.29, 0.717) is 17.9 Å². The molecule has 5 heteroatoms. The average Bonchev–Trinajstić information content (AvgIpc) is 2.31. The molecule has 0 fully saturated rings. The molecular formula is C12H23NO4. The molecule has 0 aliphatic carbocycles. The SMILES string of the molecule is CCC[C@@H]([C@@H](CC(C)CC)C(=O)O)N(O)C=O. The van der Waals surface area contributed by atoms with Gasteiger partial charge in [-0.3, -0.25) is 14.8 Å². The summed E-state index contributed by atoms with van der Waals surface area (Å²) >= 11 is 0. The molecule has 0 heterocycles. The minimum atomic E-state index is -0.954. The van der Waals surface area contributed by atoms with Gasteiger partial charge in [-0.1, -0.05) is 33.6 Å². The molecule has 0 saturated heterocycles. The van der Waals surface area contributed by atoms with Gasteiger partial charge in [0, 0.05) is 0 Å². The normalized spacial score (nSPS) is 16.0. The molecule has 2 N–H and O–H groups in total. The Hall–Kier alpha value is -1.10. The van der Waals surface area contributed by atoms with E-state index in [4.69, 9.17) is 0 Å². The molecule has 1 unspecified atom stereocenters. The minimum absolute atomic E-state index is 0.260. The first-order valence-corrected chi connectivity index (χ1v) is 6.13. The number of aliphatic carboxylic acids is 1. The Bertz CT molecular complexity index is 245. The van der Waals surface area contributed by atoms with Crippen LogP contribution in [0.4, 0.5) is 0 Å². The molecule has 0 saturated carbocycles. The molecular weight excluding hydrogens is 222 g/mol. The summed E-state index contributed by atoms with van der Waals surface area (Å²) in [6.45, 7) is 5.87. The summed E-state index contributed by atoms with van der Waals surface area (Å²) in [5, 5.41) is 19.2. The van der Waals surface area contributed by atoms with E-state index in [0.717, 1.165) is 12.8 Å². The van der Waals surface area contributed by atoms with Crippen molar-refractivity contribution in [2.24, 2.45) is 11.8 Å². The number of hydroxylamine groups is 2. The van der Waals surface area contributed by atoms with Crippen molar-refractivity contribution in [2.45, 2.75) is 52.5 Å². The second-order valence-corrected chi connectivity index (χ2v) is 4.54. The summed E-state index contributed by atoms with van der Waals surface area (Å²) in [5.41, 5.74) is 0. The lowest BCUT2D eigenvalue weighted by atomic mass is 9.86. The van der Waals surface area contributed by atoms with Crippen molar-refractivity contribution in [1.29, 1.82) is 0 Å². The summed E-state index contributed by atoms with van der Waals surface area (Å²) in [6.07, 6.45) is 2.85. The third kappa shape index (κ3) is 5.17. The maximum Gasteiger partial charge on any atom is 0.308 e. The summed E-state index contributed by atoms with van der Waals surface area (Å²) < 4.78 is 0. The van der Waals surface area contributed by atoms with E-state index in [1.54, 1.807) is 0 Å². The Kier molecular flexibility index (Phi) is 7.54. The van der Waals surface area contributed by atoms with Crippen LogP contribution in [-0.4, -0.2) is 33.8 Å². The predicted octanol–water partition coefficient (Wildman–Crippen LogP) is 2.14. The van der Waals surface area contributed by atoms with Gasteiger partial charge in [0.1, 0.15) is 0 Å². The molecule has 0 bridgehead atoms. The van der Waals surface area contributed by atoms with Crippen molar-refractivity contribution in [1.82, 2.24) is 5.06 Å². The second kappa shape index (κ2) is 8.06. The van der Waals surface area contributed by atoms with Crippen molar-refractivity contribution in [2.75, 3.05) is 0 Å². The van der Waals surface area contributed by atoms with Crippen LogP contribution in [0.1, 0.15) is 46.5 Å². The van der Waals surface area contributed by atoms with E-state index in [1.165, 1.54) is 0 Å². The second-order valence-electron chi connectivity index (χ2n) is 4.54. The highest BCUT2D eigenvalue weighted by molar-refractivity contribution is 5.71. The molecule has 0 radical (unpaired) electrons. The number of nitrogens with zero attached hydrogens (tertiary/aromatic N) is 1. The third-order valence-corrected chi connectivity index (χ3v) is 3.17. The van der Waals surface area contributed by atoms with Gasteiger partial charge in [-0.15, -0.1) is 0 Å². The summed E-state index contributed by atoms with van der Waals surface area (Å²) in [4.78, 5) is 21.8. The highest BCUT2D eigenvalue weighted by Gasteiger charge is 2.32. The molecule has 0 aromatic heterocycles. The highest BCUT2D eigenvalue weighted by atomic mass is 16.5. The fourth-order valence-electron chi connectivity index (χ4n) is 1.91. The number of hydrogen-bond donors (Lipinski definition) is 2. The maximum absolute atomic E-state index is 11.2. The smallest absolute Gasteiger partial charge is 0.308 e. The number of carboxylic acids is 1. The third-order valence-electron chi connectivity index (χ3n) is 3.17. The first kappa shape index (κ1) is 15.9. The number of carbonyl (C=O) groups excluding carboxylic acids is 1. The number of carbonyl (C=O) groups is 2. The van der Waals surface area contributed by atoms with Crippen LogP contribution in [0.2, 0.25) is 0 Å². The van der Waals surface area contributed by atoms with Crippen molar-refractivity contribution in [3.8, 4) is 0 Å². The van der Waals surface area contributed by atoms with Gasteiger partial charge in [-0.2, -0.15) is 0 Å². The van der Waals surface area contributed by atoms with Gasteiger partial charge in [0.05, 0.1) is 12.0 Å². The van der Waals surface area contributed by atoms with Gasteiger partial charge in [0.25, 0.3) is 0 Å². The Labute approximate surface area is 102 Å². The Morgan fingerprint density at radius 1 is 1.41 bits per heavy atom. The topological polar surface area (TPSA) is 77.8 Å².